The number of ether oxygens (including phenoxy) is 1. The van der Waals surface area contributed by atoms with Crippen molar-refractivity contribution in [2.24, 2.45) is 0 Å². The molecule has 6 heteroatoms. The Kier molecular flexibility index (Phi) is 5.42. The lowest BCUT2D eigenvalue weighted by atomic mass is 10.1. The molecular weight excluding hydrogens is 348 g/mol. The molecule has 0 fully saturated rings. The molecule has 0 radical (unpaired) electrons. The third-order valence-electron chi connectivity index (χ3n) is 4.06. The Morgan fingerprint density at radius 2 is 2.00 bits per heavy atom. The molecule has 0 saturated carbocycles. The molecule has 5 nitrogen and oxygen atoms in total. The third-order valence-corrected chi connectivity index (χ3v) is 4.89. The molecule has 1 atom stereocenters. The van der Waals surface area contributed by atoms with Crippen LogP contribution in [0.2, 0.25) is 0 Å². The average molecular weight is 370 g/mol. The first-order chi connectivity index (χ1) is 12.4. The van der Waals surface area contributed by atoms with Crippen LogP contribution < -0.4 is 10.1 Å². The quantitative estimate of drug-likeness (QED) is 0.681. The van der Waals surface area contributed by atoms with E-state index in [0.29, 0.717) is 17.9 Å². The smallest absolute Gasteiger partial charge is 0.251 e. The van der Waals surface area contributed by atoms with Gasteiger partial charge in [0.25, 0.3) is 5.91 Å². The molecule has 3 rings (SSSR count). The van der Waals surface area contributed by atoms with Crippen molar-refractivity contribution in [3.8, 4) is 5.75 Å². The summed E-state index contributed by atoms with van der Waals surface area (Å²) in [6.45, 7) is 8.14. The fourth-order valence-corrected chi connectivity index (χ4v) is 3.37. The molecule has 3 aromatic rings. The highest BCUT2D eigenvalue weighted by atomic mass is 32.1. The molecule has 2 heterocycles. The third kappa shape index (κ3) is 4.32. The summed E-state index contributed by atoms with van der Waals surface area (Å²) in [7, 11) is 0. The van der Waals surface area contributed by atoms with E-state index in [0.717, 1.165) is 27.8 Å². The molecule has 2 aromatic heterocycles. The molecule has 0 bridgehead atoms. The fraction of sp³-hybridized carbons (Fsp3) is 0.300. The predicted octanol–water partition coefficient (Wildman–Crippen LogP) is 4.73. The summed E-state index contributed by atoms with van der Waals surface area (Å²) in [5.74, 6) is 2.26. The molecule has 0 spiro atoms. The summed E-state index contributed by atoms with van der Waals surface area (Å²) in [5, 5.41) is 6.00. The molecule has 0 aliphatic heterocycles. The molecule has 0 saturated heterocycles. The van der Waals surface area contributed by atoms with Crippen LogP contribution in [0.15, 0.2) is 40.1 Å². The summed E-state index contributed by atoms with van der Waals surface area (Å²) >= 11 is 1.60. The fourth-order valence-electron chi connectivity index (χ4n) is 2.77. The summed E-state index contributed by atoms with van der Waals surface area (Å²) in [6.07, 6.45) is 0. The molecule has 136 valence electrons. The Hall–Kier alpha value is -2.60. The van der Waals surface area contributed by atoms with Crippen LogP contribution in [0.1, 0.15) is 51.1 Å². The highest BCUT2D eigenvalue weighted by molar-refractivity contribution is 7.09. The first kappa shape index (κ1) is 18.2. The number of nitrogens with one attached hydrogen (secondary N) is 1. The van der Waals surface area contributed by atoms with Crippen LogP contribution in [0, 0.1) is 20.8 Å². The van der Waals surface area contributed by atoms with E-state index in [1.54, 1.807) is 35.6 Å². The lowest BCUT2D eigenvalue weighted by Crippen LogP contribution is -2.26. The van der Waals surface area contributed by atoms with Crippen LogP contribution in [0.25, 0.3) is 0 Å². The van der Waals surface area contributed by atoms with Crippen molar-refractivity contribution >= 4 is 17.2 Å². The predicted molar refractivity (Wildman–Crippen MR) is 102 cm³/mol. The lowest BCUT2D eigenvalue weighted by molar-refractivity contribution is 0.0939. The number of carbonyl (C=O) groups excluding carboxylic acids is 1. The van der Waals surface area contributed by atoms with Gasteiger partial charge in [-0.2, -0.15) is 0 Å². The van der Waals surface area contributed by atoms with Gasteiger partial charge in [0.1, 0.15) is 23.9 Å². The maximum Gasteiger partial charge on any atom is 0.251 e. The molecule has 0 aliphatic carbocycles. The number of aromatic nitrogens is 1. The zero-order chi connectivity index (χ0) is 18.7. The van der Waals surface area contributed by atoms with Crippen molar-refractivity contribution in [3.63, 3.8) is 0 Å². The second-order valence-electron chi connectivity index (χ2n) is 6.23. The van der Waals surface area contributed by atoms with Crippen molar-refractivity contribution in [3.05, 3.63) is 69.1 Å². The summed E-state index contributed by atoms with van der Waals surface area (Å²) in [5.41, 5.74) is 2.50. The topological polar surface area (TPSA) is 64.4 Å². The second kappa shape index (κ2) is 7.74. The minimum atomic E-state index is -0.127. The van der Waals surface area contributed by atoms with Crippen LogP contribution in [0.4, 0.5) is 0 Å². The van der Waals surface area contributed by atoms with E-state index >= 15 is 0 Å². The maximum atomic E-state index is 12.4. The number of carbonyl (C=O) groups is 1. The second-order valence-corrected chi connectivity index (χ2v) is 7.30. The van der Waals surface area contributed by atoms with Gasteiger partial charge in [-0.05, 0) is 58.0 Å². The van der Waals surface area contributed by atoms with Crippen LogP contribution in [-0.2, 0) is 6.61 Å². The summed E-state index contributed by atoms with van der Waals surface area (Å²) < 4.78 is 11.2. The van der Waals surface area contributed by atoms with E-state index in [-0.39, 0.29) is 11.9 Å². The minimum Gasteiger partial charge on any atom is -0.487 e. The highest BCUT2D eigenvalue weighted by Gasteiger charge is 2.16. The van der Waals surface area contributed by atoms with E-state index in [4.69, 9.17) is 9.15 Å². The van der Waals surface area contributed by atoms with Gasteiger partial charge in [-0.3, -0.25) is 4.79 Å². The number of furan rings is 1. The number of nitrogens with zero attached hydrogens (tertiary/aromatic N) is 1. The van der Waals surface area contributed by atoms with Gasteiger partial charge in [0, 0.05) is 16.5 Å². The van der Waals surface area contributed by atoms with Gasteiger partial charge in [-0.1, -0.05) is 0 Å². The number of thiazole rings is 1. The molecule has 1 N–H and O–H groups in total. The van der Waals surface area contributed by atoms with E-state index in [2.05, 4.69) is 10.3 Å². The van der Waals surface area contributed by atoms with Gasteiger partial charge >= 0.3 is 0 Å². The van der Waals surface area contributed by atoms with Crippen molar-refractivity contribution in [2.75, 3.05) is 0 Å². The van der Waals surface area contributed by atoms with Crippen LogP contribution >= 0.6 is 11.3 Å². The first-order valence-electron chi connectivity index (χ1n) is 8.44. The van der Waals surface area contributed by atoms with Gasteiger partial charge < -0.3 is 14.5 Å². The number of amides is 1. The number of hydrogen-bond acceptors (Lipinski definition) is 5. The molecule has 1 aromatic carbocycles. The summed E-state index contributed by atoms with van der Waals surface area (Å²) in [6, 6.07) is 8.95. The maximum absolute atomic E-state index is 12.4. The van der Waals surface area contributed by atoms with Crippen molar-refractivity contribution in [1.82, 2.24) is 10.3 Å². The Balaban J connectivity index is 1.58. The molecule has 0 aliphatic rings. The van der Waals surface area contributed by atoms with Gasteiger partial charge in [0.05, 0.1) is 16.7 Å². The molecule has 26 heavy (non-hydrogen) atoms. The van der Waals surface area contributed by atoms with E-state index in [9.17, 15) is 4.79 Å². The van der Waals surface area contributed by atoms with Gasteiger partial charge in [-0.25, -0.2) is 4.98 Å². The number of aryl methyl sites for hydroxylation is 3. The molecule has 1 unspecified atom stereocenters. The average Bonchev–Trinajstić information content (AvgIpc) is 3.18. The van der Waals surface area contributed by atoms with Crippen molar-refractivity contribution in [2.45, 2.75) is 40.3 Å². The van der Waals surface area contributed by atoms with Gasteiger partial charge in [-0.15, -0.1) is 11.3 Å². The normalized spacial score (nSPS) is 12.0. The minimum absolute atomic E-state index is 0.121. The monoisotopic (exact) mass is 370 g/mol. The first-order valence-corrected chi connectivity index (χ1v) is 9.32. The van der Waals surface area contributed by atoms with Gasteiger partial charge in [0.15, 0.2) is 0 Å². The number of benzene rings is 1. The van der Waals surface area contributed by atoms with Crippen LogP contribution in [0.5, 0.6) is 5.75 Å². The Morgan fingerprint density at radius 3 is 2.58 bits per heavy atom. The van der Waals surface area contributed by atoms with E-state index in [1.807, 2.05) is 39.1 Å². The largest absolute Gasteiger partial charge is 0.487 e. The SMILES string of the molecule is Cc1cc(C(C)NC(=O)c2ccc(OCc3csc(C)n3)cc2)c(C)o1. The van der Waals surface area contributed by atoms with Crippen LogP contribution in [0.3, 0.4) is 0 Å². The zero-order valence-electron chi connectivity index (χ0n) is 15.3. The Labute approximate surface area is 157 Å². The zero-order valence-corrected chi connectivity index (χ0v) is 16.1. The van der Waals surface area contributed by atoms with E-state index < -0.39 is 0 Å². The number of rotatable bonds is 6. The Morgan fingerprint density at radius 1 is 1.27 bits per heavy atom. The number of hydrogen-bond donors (Lipinski definition) is 1. The van der Waals surface area contributed by atoms with Gasteiger partial charge in [0.2, 0.25) is 0 Å². The standard InChI is InChI=1S/C20H22N2O3S/c1-12-9-19(14(3)25-12)13(2)21-20(23)16-5-7-18(8-6-16)24-10-17-11-26-15(4)22-17/h5-9,11,13H,10H2,1-4H3,(H,21,23). The van der Waals surface area contributed by atoms with Crippen LogP contribution in [-0.4, -0.2) is 10.9 Å². The highest BCUT2D eigenvalue weighted by Crippen LogP contribution is 2.22. The molecular formula is C20H22N2O3S. The summed E-state index contributed by atoms with van der Waals surface area (Å²) in [4.78, 5) is 16.8. The Bertz CT molecular complexity index is 896. The van der Waals surface area contributed by atoms with E-state index in [1.165, 1.54) is 0 Å². The van der Waals surface area contributed by atoms with Crippen molar-refractivity contribution < 1.29 is 13.9 Å². The molecule has 1 amide bonds. The van der Waals surface area contributed by atoms with Crippen molar-refractivity contribution in [1.29, 1.82) is 0 Å². The lowest BCUT2D eigenvalue weighted by Gasteiger charge is -2.13.